The second-order valence-corrected chi connectivity index (χ2v) is 32.4. The average Bonchev–Trinajstić information content (AvgIpc) is 0.743. The van der Waals surface area contributed by atoms with Crippen LogP contribution in [0.3, 0.4) is 0 Å². The summed E-state index contributed by atoms with van der Waals surface area (Å²) in [6, 6.07) is -8.14. The zero-order chi connectivity index (χ0) is 96.0. The Balaban J connectivity index is 0.952. The normalized spacial score (nSPS) is 47.9. The molecule has 0 aromatic rings. The van der Waals surface area contributed by atoms with Crippen LogP contribution < -0.4 is 21.3 Å². The number of aliphatic hydroxyl groups excluding tert-OH is 30. The lowest BCUT2D eigenvalue weighted by Gasteiger charge is -2.51. The van der Waals surface area contributed by atoms with Gasteiger partial charge >= 0.3 is 5.97 Å². The lowest BCUT2D eigenvalue weighted by atomic mass is 9.88. The molecule has 4 amide bonds. The van der Waals surface area contributed by atoms with Gasteiger partial charge in [-0.05, 0) is 0 Å². The molecule has 130 heavy (non-hydrogen) atoms. The molecule has 10 rings (SSSR count). The number of aliphatic carboxylic acids is 1. The fourth-order valence-corrected chi connectivity index (χ4v) is 16.7. The third-order valence-corrected chi connectivity index (χ3v) is 23.5. The fraction of sp³-hybridized carbons (Fsp3) is 0.930. The van der Waals surface area contributed by atoms with E-state index < -0.39 is 421 Å². The van der Waals surface area contributed by atoms with Crippen molar-refractivity contribution in [3.8, 4) is 0 Å². The van der Waals surface area contributed by atoms with E-state index in [4.69, 9.17) is 90.0 Å². The molecule has 10 aliphatic rings. The van der Waals surface area contributed by atoms with Gasteiger partial charge in [-0.2, -0.15) is 0 Å². The van der Waals surface area contributed by atoms with Gasteiger partial charge in [0.05, 0.1) is 78.2 Å². The second-order valence-electron chi connectivity index (χ2n) is 32.4. The number of carbonyl (C=O) groups is 5. The Labute approximate surface area is 733 Å². The molecule has 0 aromatic carbocycles. The number of aliphatic hydroxyl groups is 30. The SMILES string of the molecule is CC(=O)N[C@H]1[C@H](OC[C@H]2O[C@@H](O[C@H]3[C@H](O)[C@@H](NC(C)=O)[C@H](O[C@H]4[C@@H](O)[C@@H](CO)O[C@@H](O[C@H]5[C@H](O)[C@@H](O)[C@H](O)O[C@@H]5CO)[C@@H]4O)O[C@@H]3CO)[C@H](O)[C@@H](O[C@@H]3O[C@H](CO)[C@@H](O[C@@H]4O[C@H](CO)[C@H](O)[C@H](O[C@]5(C(=O)O)C[C@H](O)[C@@H](NC(=O)CO)[C@H]([C@H](O)[C@H](O)CO)O5)[C@H]4O)[C@H](O)[C@H]3NC(C)=O)[C@H]2O)O[C@H](CO)[C@@H](O[C@@H]2O[C@H](CO)[C@H](O)[C@H](O[C@@H]3O[C@H](CO)[C@H](O)[C@H](O)[C@H]3O)[C@H]2O)[C@@H]1O. The molecule has 10 saturated heterocycles. The molecule has 0 radical (unpaired) electrons. The summed E-state index contributed by atoms with van der Waals surface area (Å²) >= 11 is 0. The molecule has 10 aliphatic heterocycles. The van der Waals surface area contributed by atoms with Crippen LogP contribution in [0, 0.1) is 0 Å². The number of hydrogen-bond donors (Lipinski definition) is 35. The number of ether oxygens (including phenoxy) is 19. The molecule has 0 aromatic heterocycles. The summed E-state index contributed by atoms with van der Waals surface area (Å²) in [6.07, 6.45) is -102. The quantitative estimate of drug-likeness (QED) is 0.0277. The molecule has 10 heterocycles. The maximum Gasteiger partial charge on any atom is 0.364 e. The lowest BCUT2D eigenvalue weighted by Crippen LogP contribution is -2.71. The predicted molar refractivity (Wildman–Crippen MR) is 395 cm³/mol. The van der Waals surface area contributed by atoms with Crippen molar-refractivity contribution < 1.29 is 272 Å². The molecule has 0 spiro atoms. The minimum atomic E-state index is -3.40. The molecular formula is C71H118N4O55. The zero-order valence-electron chi connectivity index (χ0n) is 69.0. The van der Waals surface area contributed by atoms with Crippen molar-refractivity contribution in [2.24, 2.45) is 0 Å². The van der Waals surface area contributed by atoms with Crippen molar-refractivity contribution in [1.82, 2.24) is 21.3 Å². The molecule has 0 aliphatic carbocycles. The van der Waals surface area contributed by atoms with Gasteiger partial charge in [0.15, 0.2) is 56.6 Å². The third kappa shape index (κ3) is 23.3. The van der Waals surface area contributed by atoms with Gasteiger partial charge in [0.1, 0.15) is 244 Å². The van der Waals surface area contributed by atoms with E-state index in [9.17, 15) is 182 Å². The van der Waals surface area contributed by atoms with Crippen LogP contribution in [0.4, 0.5) is 0 Å². The van der Waals surface area contributed by atoms with Gasteiger partial charge in [0.25, 0.3) is 5.79 Å². The summed E-state index contributed by atoms with van der Waals surface area (Å²) in [5, 5.41) is 352. The van der Waals surface area contributed by atoms with E-state index in [1.807, 2.05) is 0 Å². The first-order chi connectivity index (χ1) is 61.5. The molecule has 0 unspecified atom stereocenters. The maximum atomic E-state index is 13.3. The van der Waals surface area contributed by atoms with Gasteiger partial charge in [-0.1, -0.05) is 0 Å². The number of rotatable bonds is 36. The van der Waals surface area contributed by atoms with E-state index in [1.165, 1.54) is 0 Å². The van der Waals surface area contributed by atoms with Gasteiger partial charge in [0.2, 0.25) is 23.6 Å². The van der Waals surface area contributed by atoms with E-state index in [2.05, 4.69) is 21.3 Å². The van der Waals surface area contributed by atoms with E-state index >= 15 is 0 Å². The lowest BCUT2D eigenvalue weighted by molar-refractivity contribution is -0.393. The van der Waals surface area contributed by atoms with Gasteiger partial charge < -0.3 is 270 Å². The Hall–Kier alpha value is -4.61. The number of carboxylic acid groups (broad SMARTS) is 1. The molecule has 0 bridgehead atoms. The molecule has 0 saturated carbocycles. The molecule has 59 nitrogen and oxygen atoms in total. The highest BCUT2D eigenvalue weighted by molar-refractivity contribution is 5.78. The Kier molecular flexibility index (Phi) is 38.6. The molecule has 51 atom stereocenters. The van der Waals surface area contributed by atoms with Gasteiger partial charge in [-0.25, -0.2) is 4.79 Å². The molecular weight excluding hydrogens is 1790 g/mol. The first kappa shape index (κ1) is 107. The maximum absolute atomic E-state index is 13.3. The Morgan fingerprint density at radius 3 is 1.02 bits per heavy atom. The highest BCUT2D eigenvalue weighted by Gasteiger charge is 2.64. The Morgan fingerprint density at radius 2 is 0.646 bits per heavy atom. The summed E-state index contributed by atoms with van der Waals surface area (Å²) < 4.78 is 111. The molecule has 35 N–H and O–H groups in total. The minimum absolute atomic E-state index is 0.841. The zero-order valence-corrected chi connectivity index (χ0v) is 69.0. The van der Waals surface area contributed by atoms with Crippen LogP contribution >= 0.6 is 0 Å². The Morgan fingerprint density at radius 1 is 0.331 bits per heavy atom. The number of amides is 4. The predicted octanol–water partition coefficient (Wildman–Crippen LogP) is -24.1. The number of carboxylic acids is 1. The van der Waals surface area contributed by atoms with Crippen molar-refractivity contribution in [2.75, 3.05) is 72.7 Å². The second kappa shape index (κ2) is 46.7. The average molecular weight is 1910 g/mol. The van der Waals surface area contributed by atoms with E-state index in [1.54, 1.807) is 0 Å². The number of nitrogens with one attached hydrogen (secondary N) is 4. The van der Waals surface area contributed by atoms with Crippen LogP contribution in [0.25, 0.3) is 0 Å². The van der Waals surface area contributed by atoms with Crippen molar-refractivity contribution in [2.45, 2.75) is 340 Å². The van der Waals surface area contributed by atoms with Crippen LogP contribution in [0.2, 0.25) is 0 Å². The van der Waals surface area contributed by atoms with Crippen molar-refractivity contribution in [3.63, 3.8) is 0 Å². The smallest absolute Gasteiger partial charge is 0.364 e. The summed E-state index contributed by atoms with van der Waals surface area (Å²) in [5.41, 5.74) is 0. The first-order valence-corrected chi connectivity index (χ1v) is 41.0. The van der Waals surface area contributed by atoms with Crippen LogP contribution in [0.1, 0.15) is 27.2 Å². The van der Waals surface area contributed by atoms with Crippen LogP contribution in [-0.4, -0.2) is 573 Å². The topological polar surface area (TPSA) is 936 Å². The van der Waals surface area contributed by atoms with E-state index in [-0.39, 0.29) is 0 Å². The monoisotopic (exact) mass is 1910 g/mol. The highest BCUT2D eigenvalue weighted by Crippen LogP contribution is 2.43. The third-order valence-electron chi connectivity index (χ3n) is 23.5. The fourth-order valence-electron chi connectivity index (χ4n) is 16.7. The first-order valence-electron chi connectivity index (χ1n) is 41.0. The van der Waals surface area contributed by atoms with Crippen molar-refractivity contribution in [3.05, 3.63) is 0 Å². The minimum Gasteiger partial charge on any atom is -0.477 e. The highest BCUT2D eigenvalue weighted by atomic mass is 16.8. The van der Waals surface area contributed by atoms with Crippen LogP contribution in [0.15, 0.2) is 0 Å². The summed E-state index contributed by atoms with van der Waals surface area (Å²) in [6.45, 7) is -10.4. The van der Waals surface area contributed by atoms with Gasteiger partial charge in [0, 0.05) is 27.2 Å². The van der Waals surface area contributed by atoms with E-state index in [0.717, 1.165) is 20.8 Å². The molecule has 752 valence electrons. The summed E-state index contributed by atoms with van der Waals surface area (Å²) in [5.74, 6) is -9.99. The summed E-state index contributed by atoms with van der Waals surface area (Å²) in [7, 11) is 0. The van der Waals surface area contributed by atoms with Crippen molar-refractivity contribution >= 4 is 29.6 Å². The summed E-state index contributed by atoms with van der Waals surface area (Å²) in [4.78, 5) is 65.4. The molecule has 10 fully saturated rings. The largest absolute Gasteiger partial charge is 0.477 e. The van der Waals surface area contributed by atoms with Crippen molar-refractivity contribution in [1.29, 1.82) is 0 Å². The molecule has 59 heteroatoms. The number of hydrogen-bond acceptors (Lipinski definition) is 54. The van der Waals surface area contributed by atoms with Gasteiger partial charge in [-0.15, -0.1) is 0 Å². The number of carbonyl (C=O) groups excluding carboxylic acids is 4. The van der Waals surface area contributed by atoms with Crippen LogP contribution in [0.5, 0.6) is 0 Å². The van der Waals surface area contributed by atoms with Crippen LogP contribution in [-0.2, 0) is 114 Å². The Bertz CT molecular complexity index is 3570. The standard InChI is InChI=1S/C71H118N4O55/c1-16(86)72-32-41(98)52(122-66-49(106)58(38(95)23(8-79)115-66)128-65-47(104)44(101)36(93)21(6-77)114-65)26(11-82)118-62(32)112-15-29-40(97)59(50(107)68(121-29)123-53-27(12-83)119-63(33(42(53)99)73-17(2)87)126-57-37(94)22(7-78)116-67(48(57)105)125-55-25(10-81)113-61(109)46(103)45(55)102)127-64-34(74-18(3)88)43(100)54(28(13-84)120-64)124-69-51(108)60(39(96)24(9-80)117-69)130-71(70(110)111)4-19(89)31(75-30(91)14-85)56(129-71)35(92)20(90)5-76/h19-29,31-69,76-85,89-90,92-109H,4-15H2,1-3H3,(H,72,86)(H,73,87)(H,74,88)(H,75,91)(H,110,111)/t19-,20+,21+,22+,23+,24+,25+,26+,27+,28+,29+,31+,32+,33+,34+,35+,36-,37-,38-,39-,40-,41+,42+,43+,44-,45+,46+,47+,48+,49+,50+,51+,52+,53+,54+,55+,56+,57-,58-,59-,60-,61+,62+,63-,64-,65-,66-,67-,68-,69-,71-/m0/s1. The van der Waals surface area contributed by atoms with Gasteiger partial charge in [-0.3, -0.25) is 19.2 Å². The van der Waals surface area contributed by atoms with E-state index in [0.29, 0.717) is 0 Å².